The highest BCUT2D eigenvalue weighted by Crippen LogP contribution is 2.47. The average Bonchev–Trinajstić information content (AvgIpc) is 3.57. The molecule has 2 aliphatic heterocycles. The fraction of sp³-hybridized carbons (Fsp3) is 0.280. The smallest absolute Gasteiger partial charge is 0.338 e. The van der Waals surface area contributed by atoms with Gasteiger partial charge in [-0.25, -0.2) is 19.7 Å². The summed E-state index contributed by atoms with van der Waals surface area (Å²) >= 11 is 0. The van der Waals surface area contributed by atoms with E-state index in [2.05, 4.69) is 15.0 Å². The van der Waals surface area contributed by atoms with Gasteiger partial charge in [0.25, 0.3) is 0 Å². The Morgan fingerprint density at radius 3 is 2.66 bits per heavy atom. The summed E-state index contributed by atoms with van der Waals surface area (Å²) in [6, 6.07) is 18.7. The van der Waals surface area contributed by atoms with Crippen LogP contribution in [0.15, 0.2) is 73.3 Å². The molecule has 2 aromatic carbocycles. The van der Waals surface area contributed by atoms with Crippen LogP contribution >= 0.6 is 0 Å². The molecule has 10 nitrogen and oxygen atoms in total. The third kappa shape index (κ3) is 3.81. The molecule has 2 fully saturated rings. The van der Waals surface area contributed by atoms with Gasteiger partial charge in [0.15, 0.2) is 23.3 Å². The third-order valence-electron chi connectivity index (χ3n) is 6.36. The predicted molar refractivity (Wildman–Crippen MR) is 124 cm³/mol. The molecule has 2 aromatic heterocycles. The molecule has 2 aliphatic rings. The van der Waals surface area contributed by atoms with E-state index in [4.69, 9.17) is 24.7 Å². The molecule has 4 aromatic rings. The molecule has 0 amide bonds. The van der Waals surface area contributed by atoms with Gasteiger partial charge in [0.05, 0.1) is 25.1 Å². The fourth-order valence-electron chi connectivity index (χ4n) is 4.63. The minimum Gasteiger partial charge on any atom is -0.459 e. The van der Waals surface area contributed by atoms with Crippen LogP contribution in [0.5, 0.6) is 0 Å². The summed E-state index contributed by atoms with van der Waals surface area (Å²) < 4.78 is 26.5. The second-order valence-electron chi connectivity index (χ2n) is 8.59. The van der Waals surface area contributed by atoms with Crippen LogP contribution < -0.4 is 5.73 Å². The number of nitrogens with two attached hydrogens (primary N) is 1. The second-order valence-corrected chi connectivity index (χ2v) is 8.59. The zero-order valence-electron chi connectivity index (χ0n) is 18.7. The number of hydrogen-bond donors (Lipinski definition) is 1. The van der Waals surface area contributed by atoms with Gasteiger partial charge in [-0.05, 0) is 17.7 Å². The Bertz CT molecular complexity index is 1350. The van der Waals surface area contributed by atoms with Crippen LogP contribution in [0.1, 0.15) is 22.1 Å². The van der Waals surface area contributed by atoms with E-state index in [1.807, 2.05) is 36.4 Å². The lowest BCUT2D eigenvalue weighted by Crippen LogP contribution is -2.46. The first-order chi connectivity index (χ1) is 17.1. The van der Waals surface area contributed by atoms with Crippen LogP contribution in [0.25, 0.3) is 11.2 Å². The number of nitrogen functional groups attached to an aromatic ring is 1. The van der Waals surface area contributed by atoms with Crippen LogP contribution in [-0.2, 0) is 25.6 Å². The monoisotopic (exact) mass is 473 g/mol. The number of benzene rings is 2. The van der Waals surface area contributed by atoms with Crippen molar-refractivity contribution in [1.29, 1.82) is 0 Å². The van der Waals surface area contributed by atoms with Crippen molar-refractivity contribution in [3.8, 4) is 0 Å². The quantitative estimate of drug-likeness (QED) is 0.403. The van der Waals surface area contributed by atoms with E-state index in [9.17, 15) is 4.79 Å². The molecule has 178 valence electrons. The topological polar surface area (TPSA) is 124 Å². The van der Waals surface area contributed by atoms with E-state index in [1.54, 1.807) is 35.2 Å². The Hall–Kier alpha value is -3.86. The summed E-state index contributed by atoms with van der Waals surface area (Å²) in [7, 11) is 0. The van der Waals surface area contributed by atoms with Crippen LogP contribution in [-0.4, -0.2) is 56.5 Å². The predicted octanol–water partition coefficient (Wildman–Crippen LogP) is 2.52. The lowest BCUT2D eigenvalue weighted by Gasteiger charge is -2.31. The van der Waals surface area contributed by atoms with Crippen molar-refractivity contribution in [3.63, 3.8) is 0 Å². The van der Waals surface area contributed by atoms with Gasteiger partial charge in [-0.3, -0.25) is 4.57 Å². The maximum absolute atomic E-state index is 12.7. The summed E-state index contributed by atoms with van der Waals surface area (Å²) in [6.07, 6.45) is 1.42. The van der Waals surface area contributed by atoms with Crippen molar-refractivity contribution < 1.29 is 23.7 Å². The van der Waals surface area contributed by atoms with Crippen LogP contribution in [0, 0.1) is 0 Å². The van der Waals surface area contributed by atoms with Crippen LogP contribution in [0.2, 0.25) is 0 Å². The Morgan fingerprint density at radius 2 is 1.86 bits per heavy atom. The van der Waals surface area contributed by atoms with Crippen molar-refractivity contribution in [2.75, 3.05) is 18.9 Å². The number of rotatable bonds is 7. The molecule has 35 heavy (non-hydrogen) atoms. The van der Waals surface area contributed by atoms with E-state index < -0.39 is 30.0 Å². The number of carbonyl (C=O) groups is 1. The summed E-state index contributed by atoms with van der Waals surface area (Å²) in [4.78, 5) is 25.4. The van der Waals surface area contributed by atoms with Gasteiger partial charge in [-0.1, -0.05) is 48.5 Å². The minimum absolute atomic E-state index is 0.0308. The summed E-state index contributed by atoms with van der Waals surface area (Å²) in [5, 5.41) is 0. The Labute approximate surface area is 200 Å². The highest BCUT2D eigenvalue weighted by atomic mass is 16.7. The number of carbonyl (C=O) groups excluding carboxylic acids is 1. The molecule has 2 N–H and O–H groups in total. The molecule has 0 radical (unpaired) electrons. The normalized spacial score (nSPS) is 25.2. The van der Waals surface area contributed by atoms with Crippen LogP contribution in [0.3, 0.4) is 0 Å². The lowest BCUT2D eigenvalue weighted by molar-refractivity contribution is -0.187. The van der Waals surface area contributed by atoms with Crippen LogP contribution in [0.4, 0.5) is 5.82 Å². The number of anilines is 1. The highest BCUT2D eigenvalue weighted by molar-refractivity contribution is 5.89. The van der Waals surface area contributed by atoms with Crippen molar-refractivity contribution in [1.82, 2.24) is 19.5 Å². The largest absolute Gasteiger partial charge is 0.459 e. The number of fused-ring (bicyclic) bond motifs is 3. The first kappa shape index (κ1) is 21.7. The SMILES string of the molecule is Nc1ncnc2c1ncn2[C@@H]1O[C@@]2(COC(=O)c3ccccc3)COC1C2OCc1ccccc1. The average molecular weight is 473 g/mol. The highest BCUT2D eigenvalue weighted by Gasteiger charge is 2.64. The number of hydrogen-bond acceptors (Lipinski definition) is 9. The first-order valence-electron chi connectivity index (χ1n) is 11.2. The van der Waals surface area contributed by atoms with Gasteiger partial charge in [0.1, 0.15) is 30.7 Å². The first-order valence-corrected chi connectivity index (χ1v) is 11.2. The molecule has 0 spiro atoms. The molecule has 2 unspecified atom stereocenters. The second kappa shape index (κ2) is 8.73. The maximum atomic E-state index is 12.7. The molecular weight excluding hydrogens is 450 g/mol. The molecule has 2 saturated heterocycles. The maximum Gasteiger partial charge on any atom is 0.338 e. The number of imidazole rings is 1. The van der Waals surface area contributed by atoms with E-state index >= 15 is 0 Å². The van der Waals surface area contributed by atoms with E-state index in [-0.39, 0.29) is 19.0 Å². The standard InChI is InChI=1S/C25H23N5O5/c26-21-18-22(28-14-27-21)30(15-29-18)23-19-20(32-11-16-7-3-1-4-8-16)25(35-23,12-33-19)13-34-24(31)17-9-5-2-6-10-17/h1-10,14-15,19-20,23H,11-13H2,(H2,26,27,28)/t19?,20?,23-,25-/m1/s1. The van der Waals surface area contributed by atoms with Crippen molar-refractivity contribution in [2.45, 2.75) is 30.6 Å². The minimum atomic E-state index is -0.996. The number of ether oxygens (including phenoxy) is 4. The summed E-state index contributed by atoms with van der Waals surface area (Å²) in [5.41, 5.74) is 7.45. The van der Waals surface area contributed by atoms with Crippen molar-refractivity contribution in [3.05, 3.63) is 84.4 Å². The van der Waals surface area contributed by atoms with Gasteiger partial charge < -0.3 is 24.7 Å². The van der Waals surface area contributed by atoms with Gasteiger partial charge in [-0.2, -0.15) is 0 Å². The molecule has 0 saturated carbocycles. The number of nitrogens with zero attached hydrogens (tertiary/aromatic N) is 4. The molecule has 2 bridgehead atoms. The zero-order valence-corrected chi connectivity index (χ0v) is 18.7. The van der Waals surface area contributed by atoms with Crippen molar-refractivity contribution >= 4 is 23.0 Å². The zero-order chi connectivity index (χ0) is 23.8. The molecule has 4 heterocycles. The van der Waals surface area contributed by atoms with Gasteiger partial charge >= 0.3 is 5.97 Å². The lowest BCUT2D eigenvalue weighted by atomic mass is 10.00. The molecule has 10 heteroatoms. The van der Waals surface area contributed by atoms with E-state index in [0.717, 1.165) is 5.56 Å². The number of aromatic nitrogens is 4. The Kier molecular flexibility index (Phi) is 5.40. The molecular formula is C25H23N5O5. The van der Waals surface area contributed by atoms with Gasteiger partial charge in [0, 0.05) is 0 Å². The van der Waals surface area contributed by atoms with Gasteiger partial charge in [-0.15, -0.1) is 0 Å². The Morgan fingerprint density at radius 1 is 1.09 bits per heavy atom. The fourth-order valence-corrected chi connectivity index (χ4v) is 4.63. The summed E-state index contributed by atoms with van der Waals surface area (Å²) in [5.74, 6) is -0.160. The van der Waals surface area contributed by atoms with Crippen molar-refractivity contribution in [2.24, 2.45) is 0 Å². The third-order valence-corrected chi connectivity index (χ3v) is 6.36. The summed E-state index contributed by atoms with van der Waals surface area (Å²) in [6.45, 7) is 0.548. The molecule has 0 aliphatic carbocycles. The van der Waals surface area contributed by atoms with E-state index in [1.165, 1.54) is 6.33 Å². The molecule has 6 rings (SSSR count). The molecule has 4 atom stereocenters. The Balaban J connectivity index is 1.29. The van der Waals surface area contributed by atoms with E-state index in [0.29, 0.717) is 23.3 Å². The van der Waals surface area contributed by atoms with Gasteiger partial charge in [0.2, 0.25) is 0 Å². The number of esters is 1.